The van der Waals surface area contributed by atoms with Crippen molar-refractivity contribution < 1.29 is 4.79 Å². The zero-order valence-corrected chi connectivity index (χ0v) is 10.5. The van der Waals surface area contributed by atoms with Crippen molar-refractivity contribution in [3.8, 4) is 0 Å². The number of aryl methyl sites for hydroxylation is 1. The predicted octanol–water partition coefficient (Wildman–Crippen LogP) is 2.88. The minimum absolute atomic E-state index is 0.213. The third-order valence-electron chi connectivity index (χ3n) is 2.86. The molecule has 0 aliphatic heterocycles. The summed E-state index contributed by atoms with van der Waals surface area (Å²) in [5.74, 6) is 0.351. The maximum Gasteiger partial charge on any atom is 0.312 e. The summed E-state index contributed by atoms with van der Waals surface area (Å²) in [6, 6.07) is 8.68. The van der Waals surface area contributed by atoms with Gasteiger partial charge in [0.25, 0.3) is 0 Å². The monoisotopic (exact) mass is 218 g/mol. The van der Waals surface area contributed by atoms with Gasteiger partial charge in [0, 0.05) is 12.6 Å². The molecule has 0 heterocycles. The molecule has 1 amide bonds. The third kappa shape index (κ3) is 3.37. The quantitative estimate of drug-likeness (QED) is 0.696. The second-order valence-electron chi connectivity index (χ2n) is 4.65. The molecule has 0 N–H and O–H groups in total. The van der Waals surface area contributed by atoms with Crippen LogP contribution in [0.15, 0.2) is 24.3 Å². The number of hydrogen-bond acceptors (Lipinski definition) is 1. The summed E-state index contributed by atoms with van der Waals surface area (Å²) in [5.41, 5.74) is 2.53. The van der Waals surface area contributed by atoms with Crippen molar-refractivity contribution in [2.75, 3.05) is 6.54 Å². The summed E-state index contributed by atoms with van der Waals surface area (Å²) in [5, 5.41) is 0. The van der Waals surface area contributed by atoms with Crippen LogP contribution in [0.5, 0.6) is 0 Å². The van der Waals surface area contributed by atoms with Gasteiger partial charge in [0.05, 0.1) is 0 Å². The molecule has 1 aromatic carbocycles. The van der Waals surface area contributed by atoms with Gasteiger partial charge in [-0.3, -0.25) is 4.79 Å². The Bertz CT molecular complexity index is 329. The SMILES string of the molecule is Cc1ccc([C@H](C)CN([C]=O)C(C)C)cc1. The maximum absolute atomic E-state index is 10.8. The topological polar surface area (TPSA) is 20.3 Å². The number of benzene rings is 1. The summed E-state index contributed by atoms with van der Waals surface area (Å²) >= 11 is 0. The lowest BCUT2D eigenvalue weighted by molar-refractivity contribution is 0.311. The van der Waals surface area contributed by atoms with E-state index in [-0.39, 0.29) is 6.04 Å². The zero-order chi connectivity index (χ0) is 12.1. The van der Waals surface area contributed by atoms with Gasteiger partial charge in [-0.05, 0) is 32.3 Å². The molecule has 0 aliphatic carbocycles. The molecule has 2 nitrogen and oxygen atoms in total. The number of rotatable bonds is 5. The van der Waals surface area contributed by atoms with E-state index in [0.29, 0.717) is 5.92 Å². The molecule has 0 saturated carbocycles. The molecule has 1 atom stereocenters. The summed E-state index contributed by atoms with van der Waals surface area (Å²) in [6.07, 6.45) is 2.00. The number of carbonyl (C=O) groups excluding carboxylic acids is 1. The summed E-state index contributed by atoms with van der Waals surface area (Å²) in [4.78, 5) is 12.5. The van der Waals surface area contributed by atoms with Crippen molar-refractivity contribution in [3.05, 3.63) is 35.4 Å². The lowest BCUT2D eigenvalue weighted by atomic mass is 9.99. The van der Waals surface area contributed by atoms with E-state index in [9.17, 15) is 4.79 Å². The maximum atomic E-state index is 10.8. The fourth-order valence-electron chi connectivity index (χ4n) is 1.65. The van der Waals surface area contributed by atoms with Gasteiger partial charge >= 0.3 is 6.41 Å². The molecule has 1 aromatic rings. The molecule has 0 bridgehead atoms. The smallest absolute Gasteiger partial charge is 0.312 e. The molecule has 16 heavy (non-hydrogen) atoms. The highest BCUT2D eigenvalue weighted by molar-refractivity contribution is 5.48. The van der Waals surface area contributed by atoms with Gasteiger partial charge in [-0.2, -0.15) is 0 Å². The average molecular weight is 218 g/mol. The first-order valence-electron chi connectivity index (χ1n) is 5.75. The lowest BCUT2D eigenvalue weighted by Crippen LogP contribution is -2.32. The number of amides is 1. The lowest BCUT2D eigenvalue weighted by Gasteiger charge is -2.24. The van der Waals surface area contributed by atoms with Crippen LogP contribution in [0.4, 0.5) is 0 Å². The minimum Gasteiger partial charge on any atom is -0.331 e. The van der Waals surface area contributed by atoms with Crippen LogP contribution in [-0.2, 0) is 4.79 Å². The van der Waals surface area contributed by atoms with Crippen LogP contribution in [0.2, 0.25) is 0 Å². The summed E-state index contributed by atoms with van der Waals surface area (Å²) in [6.45, 7) is 8.95. The van der Waals surface area contributed by atoms with E-state index in [1.54, 1.807) is 4.90 Å². The van der Waals surface area contributed by atoms with Crippen molar-refractivity contribution in [2.24, 2.45) is 0 Å². The Morgan fingerprint density at radius 2 is 1.75 bits per heavy atom. The fourth-order valence-corrected chi connectivity index (χ4v) is 1.65. The summed E-state index contributed by atoms with van der Waals surface area (Å²) in [7, 11) is 0. The van der Waals surface area contributed by atoms with E-state index >= 15 is 0 Å². The van der Waals surface area contributed by atoms with Crippen LogP contribution < -0.4 is 0 Å². The van der Waals surface area contributed by atoms with E-state index in [1.165, 1.54) is 11.1 Å². The molecule has 0 saturated heterocycles. The minimum atomic E-state index is 0.213. The second-order valence-corrected chi connectivity index (χ2v) is 4.65. The Balaban J connectivity index is 2.67. The van der Waals surface area contributed by atoms with Crippen LogP contribution in [-0.4, -0.2) is 23.9 Å². The molecule has 2 heteroatoms. The molecular formula is C14H20NO. The molecule has 1 radical (unpaired) electrons. The Hall–Kier alpha value is -1.31. The van der Waals surface area contributed by atoms with E-state index < -0.39 is 0 Å². The first-order chi connectivity index (χ1) is 7.54. The zero-order valence-electron chi connectivity index (χ0n) is 10.5. The normalized spacial score (nSPS) is 12.6. The van der Waals surface area contributed by atoms with Crippen molar-refractivity contribution in [3.63, 3.8) is 0 Å². The van der Waals surface area contributed by atoms with Crippen molar-refractivity contribution in [1.82, 2.24) is 4.90 Å². The largest absolute Gasteiger partial charge is 0.331 e. The van der Waals surface area contributed by atoms with Gasteiger partial charge in [-0.1, -0.05) is 36.8 Å². The Kier molecular flexibility index (Phi) is 4.53. The molecule has 87 valence electrons. The Morgan fingerprint density at radius 1 is 1.19 bits per heavy atom. The highest BCUT2D eigenvalue weighted by Gasteiger charge is 2.13. The van der Waals surface area contributed by atoms with Gasteiger partial charge in [-0.25, -0.2) is 0 Å². The Morgan fingerprint density at radius 3 is 2.19 bits per heavy atom. The van der Waals surface area contributed by atoms with Crippen LogP contribution in [0.1, 0.15) is 37.8 Å². The van der Waals surface area contributed by atoms with Gasteiger partial charge < -0.3 is 4.90 Å². The molecule has 1 rings (SSSR count). The van der Waals surface area contributed by atoms with Crippen molar-refractivity contribution in [1.29, 1.82) is 0 Å². The van der Waals surface area contributed by atoms with E-state index in [1.807, 2.05) is 20.3 Å². The third-order valence-corrected chi connectivity index (χ3v) is 2.86. The number of hydrogen-bond donors (Lipinski definition) is 0. The van der Waals surface area contributed by atoms with Crippen molar-refractivity contribution >= 4 is 6.41 Å². The average Bonchev–Trinajstić information content (AvgIpc) is 2.26. The second kappa shape index (κ2) is 5.69. The van der Waals surface area contributed by atoms with E-state index in [2.05, 4.69) is 38.1 Å². The van der Waals surface area contributed by atoms with Gasteiger partial charge in [0.1, 0.15) is 0 Å². The van der Waals surface area contributed by atoms with Crippen LogP contribution >= 0.6 is 0 Å². The Labute approximate surface area is 98.3 Å². The number of nitrogens with zero attached hydrogens (tertiary/aromatic N) is 1. The predicted molar refractivity (Wildman–Crippen MR) is 67.1 cm³/mol. The van der Waals surface area contributed by atoms with Crippen LogP contribution in [0, 0.1) is 6.92 Å². The fraction of sp³-hybridized carbons (Fsp3) is 0.500. The standard InChI is InChI=1S/C14H20NO/c1-11(2)15(10-16)9-13(4)14-7-5-12(3)6-8-14/h5-8,11,13H,9H2,1-4H3/t13-/m1/s1. The molecule has 0 unspecified atom stereocenters. The van der Waals surface area contributed by atoms with E-state index in [0.717, 1.165) is 6.54 Å². The highest BCUT2D eigenvalue weighted by atomic mass is 16.1. The first-order valence-corrected chi connectivity index (χ1v) is 5.75. The van der Waals surface area contributed by atoms with Crippen molar-refractivity contribution in [2.45, 2.75) is 39.7 Å². The summed E-state index contributed by atoms with van der Waals surface area (Å²) < 4.78 is 0. The van der Waals surface area contributed by atoms with Crippen LogP contribution in [0.25, 0.3) is 0 Å². The van der Waals surface area contributed by atoms with Gasteiger partial charge in [0.2, 0.25) is 0 Å². The van der Waals surface area contributed by atoms with E-state index in [4.69, 9.17) is 0 Å². The van der Waals surface area contributed by atoms with Crippen LogP contribution in [0.3, 0.4) is 0 Å². The first kappa shape index (κ1) is 12.8. The molecule has 0 aromatic heterocycles. The molecule has 0 spiro atoms. The molecule has 0 fully saturated rings. The highest BCUT2D eigenvalue weighted by Crippen LogP contribution is 2.17. The van der Waals surface area contributed by atoms with Gasteiger partial charge in [-0.15, -0.1) is 0 Å². The molecule has 0 aliphatic rings. The molecular weight excluding hydrogens is 198 g/mol. The van der Waals surface area contributed by atoms with Gasteiger partial charge in [0.15, 0.2) is 0 Å².